The third-order valence-corrected chi connectivity index (χ3v) is 3.96. The SMILES string of the molecule is CN(Cc1cccnc1)Cc1cnc(N2CCCCC2)nc1. The van der Waals surface area contributed by atoms with Gasteiger partial charge in [0.1, 0.15) is 0 Å². The van der Waals surface area contributed by atoms with Gasteiger partial charge in [0.15, 0.2) is 0 Å². The summed E-state index contributed by atoms with van der Waals surface area (Å²) in [6, 6.07) is 4.07. The van der Waals surface area contributed by atoms with Crippen LogP contribution in [-0.4, -0.2) is 40.0 Å². The van der Waals surface area contributed by atoms with Gasteiger partial charge in [-0.3, -0.25) is 9.88 Å². The second-order valence-electron chi connectivity index (χ2n) is 5.97. The number of rotatable bonds is 5. The summed E-state index contributed by atoms with van der Waals surface area (Å²) in [6.07, 6.45) is 11.4. The molecule has 3 heterocycles. The van der Waals surface area contributed by atoms with E-state index in [0.717, 1.165) is 37.7 Å². The fraction of sp³-hybridized carbons (Fsp3) is 0.471. The molecule has 0 amide bonds. The summed E-state index contributed by atoms with van der Waals surface area (Å²) >= 11 is 0. The van der Waals surface area contributed by atoms with Crippen LogP contribution in [0, 0.1) is 0 Å². The Morgan fingerprint density at radius 1 is 1.00 bits per heavy atom. The van der Waals surface area contributed by atoms with E-state index in [0.29, 0.717) is 0 Å². The van der Waals surface area contributed by atoms with Gasteiger partial charge in [0, 0.05) is 56.5 Å². The second-order valence-corrected chi connectivity index (χ2v) is 5.97. The standard InChI is InChI=1S/C17H23N5/c1-21(13-15-6-5-7-18-10-15)14-16-11-19-17(20-12-16)22-8-3-2-4-9-22/h5-7,10-12H,2-4,8-9,13-14H2,1H3. The Morgan fingerprint density at radius 2 is 1.73 bits per heavy atom. The van der Waals surface area contributed by atoms with Crippen molar-refractivity contribution in [2.45, 2.75) is 32.4 Å². The van der Waals surface area contributed by atoms with Gasteiger partial charge in [-0.2, -0.15) is 0 Å². The molecule has 0 aromatic carbocycles. The molecule has 2 aromatic heterocycles. The Hall–Kier alpha value is -2.01. The molecule has 0 atom stereocenters. The first kappa shape index (κ1) is 14.9. The maximum atomic E-state index is 4.54. The molecule has 116 valence electrons. The number of hydrogen-bond donors (Lipinski definition) is 0. The Balaban J connectivity index is 1.56. The van der Waals surface area contributed by atoms with Crippen LogP contribution in [0.15, 0.2) is 36.9 Å². The predicted octanol–water partition coefficient (Wildman–Crippen LogP) is 2.49. The summed E-state index contributed by atoms with van der Waals surface area (Å²) in [6.45, 7) is 3.89. The van der Waals surface area contributed by atoms with Crippen molar-refractivity contribution >= 4 is 5.95 Å². The van der Waals surface area contributed by atoms with Crippen molar-refractivity contribution in [2.75, 3.05) is 25.0 Å². The molecule has 0 aliphatic carbocycles. The van der Waals surface area contributed by atoms with Crippen LogP contribution in [0.5, 0.6) is 0 Å². The number of nitrogens with zero attached hydrogens (tertiary/aromatic N) is 5. The van der Waals surface area contributed by atoms with E-state index in [9.17, 15) is 0 Å². The van der Waals surface area contributed by atoms with Crippen LogP contribution in [0.25, 0.3) is 0 Å². The zero-order chi connectivity index (χ0) is 15.2. The van der Waals surface area contributed by atoms with Gasteiger partial charge in [-0.1, -0.05) is 6.07 Å². The molecule has 0 radical (unpaired) electrons. The minimum Gasteiger partial charge on any atom is -0.341 e. The molecule has 0 spiro atoms. The summed E-state index contributed by atoms with van der Waals surface area (Å²) in [5, 5.41) is 0. The molecule has 0 N–H and O–H groups in total. The van der Waals surface area contributed by atoms with E-state index in [1.807, 2.05) is 24.7 Å². The number of hydrogen-bond acceptors (Lipinski definition) is 5. The normalized spacial score (nSPS) is 15.3. The molecule has 1 saturated heterocycles. The maximum Gasteiger partial charge on any atom is 0.225 e. The van der Waals surface area contributed by atoms with Crippen molar-refractivity contribution in [2.24, 2.45) is 0 Å². The first-order chi connectivity index (χ1) is 10.8. The fourth-order valence-electron chi connectivity index (χ4n) is 2.86. The Morgan fingerprint density at radius 3 is 2.41 bits per heavy atom. The van der Waals surface area contributed by atoms with Crippen LogP contribution in [0.4, 0.5) is 5.95 Å². The minimum absolute atomic E-state index is 0.842. The lowest BCUT2D eigenvalue weighted by molar-refractivity contribution is 0.318. The molecule has 0 bridgehead atoms. The molecular formula is C17H23N5. The van der Waals surface area contributed by atoms with Crippen LogP contribution >= 0.6 is 0 Å². The largest absolute Gasteiger partial charge is 0.341 e. The van der Waals surface area contributed by atoms with Gasteiger partial charge in [-0.05, 0) is 37.9 Å². The topological polar surface area (TPSA) is 45.2 Å². The van der Waals surface area contributed by atoms with E-state index in [-0.39, 0.29) is 0 Å². The summed E-state index contributed by atoms with van der Waals surface area (Å²) < 4.78 is 0. The summed E-state index contributed by atoms with van der Waals surface area (Å²) in [5.74, 6) is 0.873. The van der Waals surface area contributed by atoms with Crippen LogP contribution in [0.3, 0.4) is 0 Å². The van der Waals surface area contributed by atoms with Crippen LogP contribution in [-0.2, 0) is 13.1 Å². The molecule has 0 saturated carbocycles. The zero-order valence-electron chi connectivity index (χ0n) is 13.1. The van der Waals surface area contributed by atoms with Crippen molar-refractivity contribution in [1.82, 2.24) is 19.9 Å². The monoisotopic (exact) mass is 297 g/mol. The quantitative estimate of drug-likeness (QED) is 0.848. The first-order valence-electron chi connectivity index (χ1n) is 7.94. The van der Waals surface area contributed by atoms with Gasteiger partial charge in [-0.15, -0.1) is 0 Å². The van der Waals surface area contributed by atoms with Crippen LogP contribution in [0.2, 0.25) is 0 Å². The highest BCUT2D eigenvalue weighted by molar-refractivity contribution is 5.30. The van der Waals surface area contributed by atoms with Gasteiger partial charge in [-0.25, -0.2) is 9.97 Å². The molecule has 5 heteroatoms. The van der Waals surface area contributed by atoms with Crippen LogP contribution in [0.1, 0.15) is 30.4 Å². The lowest BCUT2D eigenvalue weighted by Gasteiger charge is -2.26. The molecule has 1 aliphatic heterocycles. The number of aromatic nitrogens is 3. The molecule has 1 fully saturated rings. The van der Waals surface area contributed by atoms with E-state index in [2.05, 4.69) is 37.9 Å². The molecule has 2 aromatic rings. The van der Waals surface area contributed by atoms with Crippen molar-refractivity contribution < 1.29 is 0 Å². The van der Waals surface area contributed by atoms with Gasteiger partial charge in [0.25, 0.3) is 0 Å². The Kier molecular flexibility index (Phi) is 4.96. The Labute approximate surface area is 132 Å². The van der Waals surface area contributed by atoms with Crippen molar-refractivity contribution in [1.29, 1.82) is 0 Å². The molecule has 0 unspecified atom stereocenters. The van der Waals surface area contributed by atoms with Crippen molar-refractivity contribution in [3.63, 3.8) is 0 Å². The average molecular weight is 297 g/mol. The first-order valence-corrected chi connectivity index (χ1v) is 7.94. The van der Waals surface area contributed by atoms with Crippen molar-refractivity contribution in [3.8, 4) is 0 Å². The summed E-state index contributed by atoms with van der Waals surface area (Å²) in [7, 11) is 2.10. The number of anilines is 1. The third-order valence-electron chi connectivity index (χ3n) is 3.96. The van der Waals surface area contributed by atoms with E-state index < -0.39 is 0 Å². The van der Waals surface area contributed by atoms with Gasteiger partial charge < -0.3 is 4.90 Å². The average Bonchev–Trinajstić information content (AvgIpc) is 2.57. The lowest BCUT2D eigenvalue weighted by Crippen LogP contribution is -2.31. The van der Waals surface area contributed by atoms with E-state index >= 15 is 0 Å². The summed E-state index contributed by atoms with van der Waals surface area (Å²) in [4.78, 5) is 17.8. The zero-order valence-corrected chi connectivity index (χ0v) is 13.1. The van der Waals surface area contributed by atoms with Crippen molar-refractivity contribution in [3.05, 3.63) is 48.0 Å². The minimum atomic E-state index is 0.842. The Bertz CT molecular complexity index is 563. The smallest absolute Gasteiger partial charge is 0.225 e. The van der Waals surface area contributed by atoms with E-state index in [1.54, 1.807) is 6.20 Å². The highest BCUT2D eigenvalue weighted by Gasteiger charge is 2.13. The predicted molar refractivity (Wildman–Crippen MR) is 87.5 cm³/mol. The van der Waals surface area contributed by atoms with Gasteiger partial charge in [0.05, 0.1) is 0 Å². The molecule has 5 nitrogen and oxygen atoms in total. The lowest BCUT2D eigenvalue weighted by atomic mass is 10.1. The number of pyridine rings is 1. The highest BCUT2D eigenvalue weighted by atomic mass is 15.2. The maximum absolute atomic E-state index is 4.54. The van der Waals surface area contributed by atoms with Crippen LogP contribution < -0.4 is 4.90 Å². The van der Waals surface area contributed by atoms with E-state index in [4.69, 9.17) is 0 Å². The van der Waals surface area contributed by atoms with Gasteiger partial charge in [0.2, 0.25) is 5.95 Å². The second kappa shape index (κ2) is 7.31. The molecule has 22 heavy (non-hydrogen) atoms. The number of piperidine rings is 1. The third kappa shape index (κ3) is 4.01. The fourth-order valence-corrected chi connectivity index (χ4v) is 2.86. The molecule has 1 aliphatic rings. The van der Waals surface area contributed by atoms with E-state index in [1.165, 1.54) is 24.8 Å². The highest BCUT2D eigenvalue weighted by Crippen LogP contribution is 2.15. The summed E-state index contributed by atoms with van der Waals surface area (Å²) in [5.41, 5.74) is 2.36. The molecular weight excluding hydrogens is 274 g/mol. The molecule has 3 rings (SSSR count). The van der Waals surface area contributed by atoms with Gasteiger partial charge >= 0.3 is 0 Å².